The molecule has 0 radical (unpaired) electrons. The Morgan fingerprint density at radius 1 is 1.24 bits per heavy atom. The van der Waals surface area contributed by atoms with E-state index in [1.54, 1.807) is 0 Å². The fourth-order valence-electron chi connectivity index (χ4n) is 2.51. The van der Waals surface area contributed by atoms with Gasteiger partial charge in [0.1, 0.15) is 0 Å². The third-order valence-electron chi connectivity index (χ3n) is 3.95. The Labute approximate surface area is 102 Å². The molecule has 1 N–H and O–H groups in total. The van der Waals surface area contributed by atoms with Crippen molar-refractivity contribution in [2.75, 3.05) is 32.7 Å². The van der Waals surface area contributed by atoms with Crippen LogP contribution in [0.15, 0.2) is 0 Å². The lowest BCUT2D eigenvalue weighted by molar-refractivity contribution is -0.124. The van der Waals surface area contributed by atoms with Crippen LogP contribution in [0.5, 0.6) is 0 Å². The minimum atomic E-state index is -4.10. The van der Waals surface area contributed by atoms with E-state index in [-0.39, 0.29) is 0 Å². The first kappa shape index (κ1) is 14.8. The molecule has 1 heterocycles. The van der Waals surface area contributed by atoms with Crippen molar-refractivity contribution in [3.63, 3.8) is 0 Å². The number of nitrogens with one attached hydrogen (secondary N) is 1. The molecule has 0 amide bonds. The molecule has 0 saturated carbocycles. The molecule has 0 aliphatic carbocycles. The van der Waals surface area contributed by atoms with Crippen LogP contribution in [0.3, 0.4) is 0 Å². The van der Waals surface area contributed by atoms with Crippen LogP contribution in [-0.4, -0.2) is 43.8 Å². The van der Waals surface area contributed by atoms with Crippen molar-refractivity contribution in [3.8, 4) is 0 Å². The van der Waals surface area contributed by atoms with Crippen molar-refractivity contribution in [2.45, 2.75) is 39.3 Å². The Kier molecular flexibility index (Phi) is 5.25. The summed E-state index contributed by atoms with van der Waals surface area (Å²) in [5, 5.41) is 2.45. The summed E-state index contributed by atoms with van der Waals surface area (Å²) in [6, 6.07) is 0. The van der Waals surface area contributed by atoms with Crippen LogP contribution < -0.4 is 5.32 Å². The van der Waals surface area contributed by atoms with Crippen LogP contribution in [-0.2, 0) is 0 Å². The highest BCUT2D eigenvalue weighted by Crippen LogP contribution is 2.36. The predicted molar refractivity (Wildman–Crippen MR) is 63.0 cm³/mol. The maximum atomic E-state index is 11.9. The van der Waals surface area contributed by atoms with Gasteiger partial charge in [0, 0.05) is 19.6 Å². The minimum Gasteiger partial charge on any atom is -0.307 e. The number of halogens is 3. The topological polar surface area (TPSA) is 15.3 Å². The van der Waals surface area contributed by atoms with Crippen molar-refractivity contribution in [2.24, 2.45) is 5.41 Å². The second-order valence-corrected chi connectivity index (χ2v) is 5.03. The highest BCUT2D eigenvalue weighted by molar-refractivity contribution is 4.87. The Bertz CT molecular complexity index is 224. The van der Waals surface area contributed by atoms with Crippen molar-refractivity contribution in [3.05, 3.63) is 0 Å². The second kappa shape index (κ2) is 6.05. The van der Waals surface area contributed by atoms with Gasteiger partial charge in [0.05, 0.1) is 6.54 Å². The molecule has 1 fully saturated rings. The van der Waals surface area contributed by atoms with Crippen molar-refractivity contribution in [1.29, 1.82) is 0 Å². The van der Waals surface area contributed by atoms with Crippen LogP contribution in [0.2, 0.25) is 0 Å². The summed E-state index contributed by atoms with van der Waals surface area (Å²) in [4.78, 5) is 2.27. The summed E-state index contributed by atoms with van der Waals surface area (Å²) >= 11 is 0. The van der Waals surface area contributed by atoms with Gasteiger partial charge < -0.3 is 10.2 Å². The zero-order chi connectivity index (χ0) is 12.9. The molecule has 1 saturated heterocycles. The number of hydrogen-bond donors (Lipinski definition) is 1. The Morgan fingerprint density at radius 2 is 1.88 bits per heavy atom. The number of rotatable bonds is 6. The SMILES string of the molecule is CCC1(CC)CCN(CCNCC(F)(F)F)C1. The molecule has 102 valence electrons. The first-order valence-electron chi connectivity index (χ1n) is 6.40. The standard InChI is InChI=1S/C12H23F3N2/c1-3-11(4-2)5-7-17(10-11)8-6-16-9-12(13,14)15/h16H,3-10H2,1-2H3. The highest BCUT2D eigenvalue weighted by Gasteiger charge is 2.34. The largest absolute Gasteiger partial charge is 0.401 e. The van der Waals surface area contributed by atoms with E-state index in [0.29, 0.717) is 12.0 Å². The Balaban J connectivity index is 2.18. The zero-order valence-electron chi connectivity index (χ0n) is 10.7. The van der Waals surface area contributed by atoms with E-state index in [9.17, 15) is 13.2 Å². The van der Waals surface area contributed by atoms with E-state index in [0.717, 1.165) is 32.5 Å². The monoisotopic (exact) mass is 252 g/mol. The molecule has 0 aromatic carbocycles. The van der Waals surface area contributed by atoms with Crippen molar-refractivity contribution in [1.82, 2.24) is 10.2 Å². The normalized spacial score (nSPS) is 21.0. The molecule has 5 heteroatoms. The van der Waals surface area contributed by atoms with E-state index in [1.807, 2.05) is 0 Å². The molecule has 2 nitrogen and oxygen atoms in total. The first-order chi connectivity index (χ1) is 7.91. The van der Waals surface area contributed by atoms with Crippen LogP contribution in [0, 0.1) is 5.41 Å². The van der Waals surface area contributed by atoms with Crippen LogP contribution >= 0.6 is 0 Å². The third-order valence-corrected chi connectivity index (χ3v) is 3.95. The van der Waals surface area contributed by atoms with Gasteiger partial charge in [-0.05, 0) is 31.2 Å². The second-order valence-electron chi connectivity index (χ2n) is 5.03. The average Bonchev–Trinajstić information content (AvgIpc) is 2.68. The van der Waals surface area contributed by atoms with Crippen LogP contribution in [0.25, 0.3) is 0 Å². The molecular weight excluding hydrogens is 229 g/mol. The molecule has 1 rings (SSSR count). The van der Waals surface area contributed by atoms with Gasteiger partial charge in [0.25, 0.3) is 0 Å². The molecule has 17 heavy (non-hydrogen) atoms. The van der Waals surface area contributed by atoms with Crippen molar-refractivity contribution < 1.29 is 13.2 Å². The summed E-state index contributed by atoms with van der Waals surface area (Å²) in [5.74, 6) is 0. The molecular formula is C12H23F3N2. The summed E-state index contributed by atoms with van der Waals surface area (Å²) in [6.07, 6.45) is -0.590. The number of nitrogens with zero attached hydrogens (tertiary/aromatic N) is 1. The molecule has 1 aliphatic heterocycles. The fraction of sp³-hybridized carbons (Fsp3) is 1.00. The lowest BCUT2D eigenvalue weighted by Gasteiger charge is -2.26. The molecule has 0 atom stereocenters. The number of alkyl halides is 3. The lowest BCUT2D eigenvalue weighted by atomic mass is 9.82. The van der Waals surface area contributed by atoms with Gasteiger partial charge in [-0.3, -0.25) is 0 Å². The molecule has 1 aliphatic rings. The average molecular weight is 252 g/mol. The van der Waals surface area contributed by atoms with Gasteiger partial charge in [-0.2, -0.15) is 13.2 Å². The lowest BCUT2D eigenvalue weighted by Crippen LogP contribution is -2.36. The number of hydrogen-bond acceptors (Lipinski definition) is 2. The van der Waals surface area contributed by atoms with Crippen molar-refractivity contribution >= 4 is 0 Å². The van der Waals surface area contributed by atoms with E-state index < -0.39 is 12.7 Å². The molecule has 0 aromatic rings. The summed E-state index contributed by atoms with van der Waals surface area (Å²) in [7, 11) is 0. The predicted octanol–water partition coefficient (Wildman–Crippen LogP) is 2.65. The maximum Gasteiger partial charge on any atom is 0.401 e. The van der Waals surface area contributed by atoms with Crippen LogP contribution in [0.4, 0.5) is 13.2 Å². The van der Waals surface area contributed by atoms with E-state index in [1.165, 1.54) is 6.42 Å². The molecule has 0 spiro atoms. The Morgan fingerprint density at radius 3 is 2.35 bits per heavy atom. The van der Waals surface area contributed by atoms with E-state index in [4.69, 9.17) is 0 Å². The van der Waals surface area contributed by atoms with Gasteiger partial charge in [-0.15, -0.1) is 0 Å². The van der Waals surface area contributed by atoms with Gasteiger partial charge in [0.15, 0.2) is 0 Å². The molecule has 0 aromatic heterocycles. The maximum absolute atomic E-state index is 11.9. The third kappa shape index (κ3) is 4.84. The summed E-state index contributed by atoms with van der Waals surface area (Å²) < 4.78 is 35.7. The van der Waals surface area contributed by atoms with E-state index in [2.05, 4.69) is 24.1 Å². The molecule has 0 unspecified atom stereocenters. The Hall–Kier alpha value is -0.290. The quantitative estimate of drug-likeness (QED) is 0.731. The van der Waals surface area contributed by atoms with Crippen LogP contribution in [0.1, 0.15) is 33.1 Å². The minimum absolute atomic E-state index is 0.407. The molecule has 0 bridgehead atoms. The number of likely N-dealkylation sites (tertiary alicyclic amines) is 1. The fourth-order valence-corrected chi connectivity index (χ4v) is 2.51. The zero-order valence-corrected chi connectivity index (χ0v) is 10.7. The van der Waals surface area contributed by atoms with E-state index >= 15 is 0 Å². The van der Waals surface area contributed by atoms with Gasteiger partial charge in [-0.25, -0.2) is 0 Å². The summed E-state index contributed by atoms with van der Waals surface area (Å²) in [6.45, 7) is 6.72. The summed E-state index contributed by atoms with van der Waals surface area (Å²) in [5.41, 5.74) is 0.407. The highest BCUT2D eigenvalue weighted by atomic mass is 19.4. The van der Waals surface area contributed by atoms with Gasteiger partial charge >= 0.3 is 6.18 Å². The first-order valence-corrected chi connectivity index (χ1v) is 6.40. The van der Waals surface area contributed by atoms with Gasteiger partial charge in [0.2, 0.25) is 0 Å². The smallest absolute Gasteiger partial charge is 0.307 e. The van der Waals surface area contributed by atoms with Gasteiger partial charge in [-0.1, -0.05) is 13.8 Å².